The molecular formula is C22H32N2O2. The highest BCUT2D eigenvalue weighted by Crippen LogP contribution is 2.68. The molecule has 4 atom stereocenters. The van der Waals surface area contributed by atoms with Gasteiger partial charge < -0.3 is 10.6 Å². The van der Waals surface area contributed by atoms with Crippen molar-refractivity contribution in [3.63, 3.8) is 0 Å². The molecule has 0 aliphatic heterocycles. The summed E-state index contributed by atoms with van der Waals surface area (Å²) < 4.78 is 0. The summed E-state index contributed by atoms with van der Waals surface area (Å²) in [6, 6.07) is 0. The number of Topliss-reactive ketones (excluding diaryl/α,β-unsaturated/α-hetero) is 2. The molecule has 0 saturated heterocycles. The molecule has 26 heavy (non-hydrogen) atoms. The third kappa shape index (κ3) is 2.40. The number of hydrogen-bond acceptors (Lipinski definition) is 4. The fourth-order valence-corrected chi connectivity index (χ4v) is 5.94. The Morgan fingerprint density at radius 1 is 0.808 bits per heavy atom. The third-order valence-corrected chi connectivity index (χ3v) is 7.85. The van der Waals surface area contributed by atoms with Gasteiger partial charge in [0.15, 0.2) is 11.6 Å². The van der Waals surface area contributed by atoms with Crippen molar-refractivity contribution in [2.75, 3.05) is 13.1 Å². The van der Waals surface area contributed by atoms with Crippen LogP contribution in [0.25, 0.3) is 0 Å². The average Bonchev–Trinajstić information content (AvgIpc) is 3.09. The summed E-state index contributed by atoms with van der Waals surface area (Å²) >= 11 is 0. The maximum absolute atomic E-state index is 12.2. The molecular weight excluding hydrogens is 324 g/mol. The molecule has 4 rings (SSSR count). The lowest BCUT2D eigenvalue weighted by Gasteiger charge is -2.16. The van der Waals surface area contributed by atoms with E-state index in [9.17, 15) is 9.59 Å². The Hall–Kier alpha value is -1.58. The van der Waals surface area contributed by atoms with E-state index >= 15 is 0 Å². The van der Waals surface area contributed by atoms with Crippen LogP contribution < -0.4 is 10.6 Å². The second-order valence-electron chi connectivity index (χ2n) is 10.00. The predicted molar refractivity (Wildman–Crippen MR) is 102 cm³/mol. The van der Waals surface area contributed by atoms with Crippen molar-refractivity contribution in [1.82, 2.24) is 10.6 Å². The SMILES string of the molecule is C/C(NCCN/C(C)=C1\C(=O)C[C@@H]2[C@H]1C2(C)C)=C1/C(=O)C[C@@H]2[C@H]1C2(C)C. The second kappa shape index (κ2) is 5.46. The monoisotopic (exact) mass is 356 g/mol. The highest BCUT2D eigenvalue weighted by molar-refractivity contribution is 6.01. The summed E-state index contributed by atoms with van der Waals surface area (Å²) in [6.07, 6.45) is 1.44. The lowest BCUT2D eigenvalue weighted by molar-refractivity contribution is -0.116. The predicted octanol–water partition coefficient (Wildman–Crippen LogP) is 3.20. The van der Waals surface area contributed by atoms with E-state index in [-0.39, 0.29) is 0 Å². The van der Waals surface area contributed by atoms with E-state index in [0.29, 0.717) is 46.1 Å². The molecule has 4 saturated carbocycles. The molecule has 2 N–H and O–H groups in total. The van der Waals surface area contributed by atoms with Gasteiger partial charge in [0.1, 0.15) is 0 Å². The topological polar surface area (TPSA) is 58.2 Å². The summed E-state index contributed by atoms with van der Waals surface area (Å²) in [5.41, 5.74) is 4.73. The number of rotatable bonds is 5. The maximum Gasteiger partial charge on any atom is 0.161 e. The Kier molecular flexibility index (Phi) is 3.74. The number of nitrogens with one attached hydrogen (secondary N) is 2. The summed E-state index contributed by atoms with van der Waals surface area (Å²) in [7, 11) is 0. The molecule has 0 amide bonds. The molecule has 4 aliphatic carbocycles. The van der Waals surface area contributed by atoms with Crippen LogP contribution in [0.5, 0.6) is 0 Å². The van der Waals surface area contributed by atoms with Crippen molar-refractivity contribution < 1.29 is 9.59 Å². The first-order valence-electron chi connectivity index (χ1n) is 10.0. The summed E-state index contributed by atoms with van der Waals surface area (Å²) in [4.78, 5) is 24.5. The van der Waals surface area contributed by atoms with Crippen LogP contribution in [0.4, 0.5) is 0 Å². The zero-order chi connectivity index (χ0) is 19.0. The fourth-order valence-electron chi connectivity index (χ4n) is 5.94. The lowest BCUT2D eigenvalue weighted by atomic mass is 9.95. The van der Waals surface area contributed by atoms with Gasteiger partial charge in [-0.2, -0.15) is 0 Å². The standard InChI is InChI=1S/C22H32N2O2/c1-11(17-15(25)9-13-19(17)21(13,3)4)23-7-8-24-12(2)18-16(26)10-14-20(18)22(14,5)6/h13-14,19-20,23-24H,7-10H2,1-6H3/b17-11+,18-12+/t13-,14-,19-,20-/m1/s1. The fraction of sp³-hybridized carbons (Fsp3) is 0.727. The molecule has 142 valence electrons. The zero-order valence-corrected chi connectivity index (χ0v) is 17.0. The number of ketones is 2. The van der Waals surface area contributed by atoms with Crippen LogP contribution in [0.15, 0.2) is 22.5 Å². The van der Waals surface area contributed by atoms with Gasteiger partial charge in [-0.1, -0.05) is 27.7 Å². The van der Waals surface area contributed by atoms with Gasteiger partial charge in [0.05, 0.1) is 0 Å². The van der Waals surface area contributed by atoms with E-state index in [1.807, 2.05) is 13.8 Å². The first-order valence-corrected chi connectivity index (χ1v) is 10.0. The average molecular weight is 357 g/mol. The molecule has 4 aliphatic rings. The molecule has 0 bridgehead atoms. The van der Waals surface area contributed by atoms with Crippen LogP contribution in [0.2, 0.25) is 0 Å². The second-order valence-corrected chi connectivity index (χ2v) is 10.00. The molecule has 0 radical (unpaired) electrons. The Labute approximate surface area is 156 Å². The van der Waals surface area contributed by atoms with E-state index in [0.717, 1.165) is 48.5 Å². The van der Waals surface area contributed by atoms with E-state index in [4.69, 9.17) is 0 Å². The minimum Gasteiger partial charge on any atom is -0.386 e. The van der Waals surface area contributed by atoms with E-state index in [1.165, 1.54) is 0 Å². The van der Waals surface area contributed by atoms with Crippen molar-refractivity contribution in [2.24, 2.45) is 34.5 Å². The first kappa shape index (κ1) is 17.8. The van der Waals surface area contributed by atoms with Crippen molar-refractivity contribution >= 4 is 11.6 Å². The number of allylic oxidation sites excluding steroid dienone is 4. The van der Waals surface area contributed by atoms with Gasteiger partial charge >= 0.3 is 0 Å². The van der Waals surface area contributed by atoms with Crippen molar-refractivity contribution in [3.8, 4) is 0 Å². The van der Waals surface area contributed by atoms with Crippen molar-refractivity contribution in [3.05, 3.63) is 22.5 Å². The molecule has 4 fully saturated rings. The molecule has 4 nitrogen and oxygen atoms in total. The summed E-state index contributed by atoms with van der Waals surface area (Å²) in [6.45, 7) is 14.7. The van der Waals surface area contributed by atoms with E-state index in [1.54, 1.807) is 0 Å². The Bertz CT molecular complexity index is 692. The maximum atomic E-state index is 12.2. The van der Waals surface area contributed by atoms with Gasteiger partial charge in [0.2, 0.25) is 0 Å². The molecule has 0 aromatic carbocycles. The highest BCUT2D eigenvalue weighted by Gasteiger charge is 2.66. The van der Waals surface area contributed by atoms with Gasteiger partial charge in [0.25, 0.3) is 0 Å². The van der Waals surface area contributed by atoms with Gasteiger partial charge in [-0.05, 0) is 48.3 Å². The molecule has 0 aromatic rings. The minimum absolute atomic E-state index is 0.294. The molecule has 0 aromatic heterocycles. The number of carbonyl (C=O) groups is 2. The highest BCUT2D eigenvalue weighted by atomic mass is 16.1. The molecule has 0 spiro atoms. The summed E-state index contributed by atoms with van der Waals surface area (Å²) in [5.74, 6) is 2.65. The van der Waals surface area contributed by atoms with Crippen LogP contribution in [-0.2, 0) is 9.59 Å². The van der Waals surface area contributed by atoms with Crippen molar-refractivity contribution in [1.29, 1.82) is 0 Å². The molecule has 4 heteroatoms. The van der Waals surface area contributed by atoms with E-state index < -0.39 is 0 Å². The third-order valence-electron chi connectivity index (χ3n) is 7.85. The quantitative estimate of drug-likeness (QED) is 0.587. The first-order chi connectivity index (χ1) is 12.1. The Morgan fingerprint density at radius 2 is 1.15 bits per heavy atom. The smallest absolute Gasteiger partial charge is 0.161 e. The van der Waals surface area contributed by atoms with Crippen LogP contribution in [-0.4, -0.2) is 24.7 Å². The van der Waals surface area contributed by atoms with Crippen LogP contribution in [0.1, 0.15) is 54.4 Å². The van der Waals surface area contributed by atoms with Gasteiger partial charge in [-0.25, -0.2) is 0 Å². The van der Waals surface area contributed by atoms with Crippen LogP contribution >= 0.6 is 0 Å². The number of carbonyl (C=O) groups excluding carboxylic acids is 2. The van der Waals surface area contributed by atoms with Crippen molar-refractivity contribution in [2.45, 2.75) is 54.4 Å². The van der Waals surface area contributed by atoms with Crippen LogP contribution in [0.3, 0.4) is 0 Å². The summed E-state index contributed by atoms with van der Waals surface area (Å²) in [5, 5.41) is 6.87. The van der Waals surface area contributed by atoms with E-state index in [2.05, 4.69) is 38.3 Å². The van der Waals surface area contributed by atoms with Gasteiger partial charge in [0, 0.05) is 48.5 Å². The largest absolute Gasteiger partial charge is 0.386 e. The normalized spacial score (nSPS) is 39.3. The molecule has 0 unspecified atom stereocenters. The van der Waals surface area contributed by atoms with Gasteiger partial charge in [-0.3, -0.25) is 9.59 Å². The lowest BCUT2D eigenvalue weighted by Crippen LogP contribution is -2.28. The van der Waals surface area contributed by atoms with Crippen LogP contribution in [0, 0.1) is 34.5 Å². The minimum atomic E-state index is 0.294. The zero-order valence-electron chi connectivity index (χ0n) is 17.0. The van der Waals surface area contributed by atoms with Gasteiger partial charge in [-0.15, -0.1) is 0 Å². The Balaban J connectivity index is 1.33. The number of hydrogen-bond donors (Lipinski definition) is 2. The Morgan fingerprint density at radius 3 is 1.46 bits per heavy atom. The molecule has 0 heterocycles. The number of fused-ring (bicyclic) bond motifs is 2.